The summed E-state index contributed by atoms with van der Waals surface area (Å²) in [6, 6.07) is 0. The van der Waals surface area contributed by atoms with Gasteiger partial charge >= 0.3 is 5.97 Å². The van der Waals surface area contributed by atoms with Gasteiger partial charge in [0.1, 0.15) is 19.3 Å². The molecule has 0 heterocycles. The molecule has 8 nitrogen and oxygen atoms in total. The molecule has 0 aliphatic carbocycles. The van der Waals surface area contributed by atoms with E-state index in [9.17, 15) is 14.3 Å². The summed E-state index contributed by atoms with van der Waals surface area (Å²) in [5.74, 6) is -0.325. The molecular formula is C57H114NO7P. The molecule has 0 amide bonds. The zero-order valence-electron chi connectivity index (χ0n) is 44.9. The fourth-order valence-corrected chi connectivity index (χ4v) is 9.33. The summed E-state index contributed by atoms with van der Waals surface area (Å²) in [5, 5.41) is 0. The van der Waals surface area contributed by atoms with Gasteiger partial charge in [-0.05, 0) is 38.5 Å². The first-order chi connectivity index (χ1) is 32.1. The Morgan fingerprint density at radius 2 is 0.788 bits per heavy atom. The van der Waals surface area contributed by atoms with Crippen molar-refractivity contribution in [1.82, 2.24) is 0 Å². The number of carbonyl (C=O) groups excluding carboxylic acids is 1. The Morgan fingerprint density at radius 3 is 1.15 bits per heavy atom. The summed E-state index contributed by atoms with van der Waals surface area (Å²) < 4.78 is 34.9. The number of likely N-dealkylation sites (N-methyl/N-ethyl adjacent to an activating group) is 1. The van der Waals surface area contributed by atoms with Crippen LogP contribution >= 0.6 is 7.82 Å². The van der Waals surface area contributed by atoms with Gasteiger partial charge in [0.2, 0.25) is 0 Å². The molecule has 0 N–H and O–H groups in total. The van der Waals surface area contributed by atoms with Crippen molar-refractivity contribution in [2.24, 2.45) is 0 Å². The van der Waals surface area contributed by atoms with Crippen LogP contribution < -0.4 is 4.89 Å². The number of phosphoric ester groups is 1. The number of hydrogen-bond donors (Lipinski definition) is 0. The number of phosphoric acid groups is 1. The highest BCUT2D eigenvalue weighted by Crippen LogP contribution is 2.38. The Balaban J connectivity index is 4.02. The maximum absolute atomic E-state index is 12.8. The largest absolute Gasteiger partial charge is 0.756 e. The number of ether oxygens (including phenoxy) is 2. The van der Waals surface area contributed by atoms with E-state index in [1.54, 1.807) is 0 Å². The molecule has 2 unspecified atom stereocenters. The first-order valence-corrected chi connectivity index (χ1v) is 30.4. The van der Waals surface area contributed by atoms with Crippen LogP contribution in [0.1, 0.15) is 290 Å². The molecule has 0 rings (SSSR count). The molecule has 0 aromatic rings. The van der Waals surface area contributed by atoms with E-state index in [2.05, 4.69) is 26.0 Å². The maximum Gasteiger partial charge on any atom is 0.306 e. The molecule has 0 bridgehead atoms. The summed E-state index contributed by atoms with van der Waals surface area (Å²) in [6.07, 6.45) is 59.7. The lowest BCUT2D eigenvalue weighted by Gasteiger charge is -2.28. The lowest BCUT2D eigenvalue weighted by atomic mass is 10.0. The van der Waals surface area contributed by atoms with Crippen LogP contribution in [0.3, 0.4) is 0 Å². The van der Waals surface area contributed by atoms with Crippen molar-refractivity contribution in [3.63, 3.8) is 0 Å². The van der Waals surface area contributed by atoms with Crippen LogP contribution in [0.5, 0.6) is 0 Å². The molecule has 9 heteroatoms. The maximum atomic E-state index is 12.8. The molecule has 0 spiro atoms. The number of rotatable bonds is 55. The molecule has 66 heavy (non-hydrogen) atoms. The minimum absolute atomic E-state index is 0.0302. The molecule has 0 aromatic carbocycles. The van der Waals surface area contributed by atoms with E-state index in [4.69, 9.17) is 18.5 Å². The second-order valence-electron chi connectivity index (χ2n) is 21.0. The third-order valence-corrected chi connectivity index (χ3v) is 14.0. The molecule has 0 fully saturated rings. The predicted molar refractivity (Wildman–Crippen MR) is 282 cm³/mol. The zero-order valence-corrected chi connectivity index (χ0v) is 45.8. The van der Waals surface area contributed by atoms with E-state index >= 15 is 0 Å². The number of quaternary nitrogens is 1. The summed E-state index contributed by atoms with van der Waals surface area (Å²) in [6.45, 7) is 5.49. The number of hydrogen-bond acceptors (Lipinski definition) is 7. The lowest BCUT2D eigenvalue weighted by molar-refractivity contribution is -0.870. The quantitative estimate of drug-likeness (QED) is 0.0197. The van der Waals surface area contributed by atoms with Gasteiger partial charge in [0.15, 0.2) is 0 Å². The highest BCUT2D eigenvalue weighted by Gasteiger charge is 2.20. The molecule has 2 atom stereocenters. The van der Waals surface area contributed by atoms with Crippen LogP contribution in [-0.4, -0.2) is 70.7 Å². The van der Waals surface area contributed by atoms with Gasteiger partial charge in [-0.15, -0.1) is 0 Å². The van der Waals surface area contributed by atoms with E-state index in [0.29, 0.717) is 24.1 Å². The Bertz CT molecular complexity index is 1070. The average Bonchev–Trinajstić information content (AvgIpc) is 3.28. The summed E-state index contributed by atoms with van der Waals surface area (Å²) in [7, 11) is 1.38. The number of allylic oxidation sites excluding steroid dienone is 2. The Morgan fingerprint density at radius 1 is 0.455 bits per heavy atom. The van der Waals surface area contributed by atoms with Gasteiger partial charge in [0.05, 0.1) is 34.4 Å². The minimum atomic E-state index is -4.53. The second kappa shape index (κ2) is 50.6. The standard InChI is InChI=1S/C57H114NO7P/c1-6-8-10-12-14-16-18-20-22-24-26-28-29-30-31-33-35-37-39-41-43-45-47-49-52-62-54-56(55-64-66(60,61)63-53-51-58(3,4)5)65-57(59)50-48-46-44-42-40-38-36-34-32-27-25-23-21-19-17-15-13-11-9-7-2/h24,26,56H,6-23,25,27-55H2,1-5H3/b26-24-. The number of unbranched alkanes of at least 4 members (excludes halogenated alkanes) is 39. The van der Waals surface area contributed by atoms with Crippen molar-refractivity contribution >= 4 is 13.8 Å². The van der Waals surface area contributed by atoms with Gasteiger partial charge in [-0.2, -0.15) is 0 Å². The van der Waals surface area contributed by atoms with Crippen molar-refractivity contribution in [3.05, 3.63) is 12.2 Å². The van der Waals surface area contributed by atoms with Gasteiger partial charge in [-0.1, -0.05) is 257 Å². The van der Waals surface area contributed by atoms with Gasteiger partial charge < -0.3 is 27.9 Å². The first kappa shape index (κ1) is 65.2. The van der Waals surface area contributed by atoms with Gasteiger partial charge in [0, 0.05) is 13.0 Å². The van der Waals surface area contributed by atoms with Crippen molar-refractivity contribution in [3.8, 4) is 0 Å². The third-order valence-electron chi connectivity index (χ3n) is 13.1. The molecule has 0 radical (unpaired) electrons. The van der Waals surface area contributed by atoms with Crippen molar-refractivity contribution in [2.75, 3.05) is 54.1 Å². The molecule has 0 aliphatic rings. The van der Waals surface area contributed by atoms with Crippen LogP contribution in [0.4, 0.5) is 0 Å². The highest BCUT2D eigenvalue weighted by atomic mass is 31.2. The van der Waals surface area contributed by atoms with Gasteiger partial charge in [-0.3, -0.25) is 9.36 Å². The summed E-state index contributed by atoms with van der Waals surface area (Å²) in [4.78, 5) is 25.2. The van der Waals surface area contributed by atoms with E-state index in [1.165, 1.54) is 238 Å². The fourth-order valence-electron chi connectivity index (χ4n) is 8.60. The Kier molecular flexibility index (Phi) is 50.0. The minimum Gasteiger partial charge on any atom is -0.756 e. The summed E-state index contributed by atoms with van der Waals surface area (Å²) in [5.41, 5.74) is 0. The predicted octanol–water partition coefficient (Wildman–Crippen LogP) is 17.5. The van der Waals surface area contributed by atoms with E-state index in [0.717, 1.165) is 32.1 Å². The van der Waals surface area contributed by atoms with Crippen LogP contribution in [-0.2, 0) is 27.9 Å². The summed E-state index contributed by atoms with van der Waals surface area (Å²) >= 11 is 0. The first-order valence-electron chi connectivity index (χ1n) is 28.9. The molecule has 394 valence electrons. The molecule has 0 aromatic heterocycles. The van der Waals surface area contributed by atoms with E-state index in [-0.39, 0.29) is 25.8 Å². The molecule has 0 aliphatic heterocycles. The SMILES string of the molecule is CCCCCCCCCC/C=C\CCCCCCCCCCCCCCOCC(COP(=O)([O-])OCC[N+](C)(C)C)OC(=O)CCCCCCCCCCCCCCCCCCCCCC. The zero-order chi connectivity index (χ0) is 48.3. The van der Waals surface area contributed by atoms with Crippen LogP contribution in [0.2, 0.25) is 0 Å². The van der Waals surface area contributed by atoms with Gasteiger partial charge in [-0.25, -0.2) is 0 Å². The Labute approximate surface area is 411 Å². The highest BCUT2D eigenvalue weighted by molar-refractivity contribution is 7.45. The Hall–Kier alpha value is -0.760. The van der Waals surface area contributed by atoms with E-state index in [1.807, 2.05) is 21.1 Å². The van der Waals surface area contributed by atoms with Crippen LogP contribution in [0, 0.1) is 0 Å². The van der Waals surface area contributed by atoms with Gasteiger partial charge in [0.25, 0.3) is 7.82 Å². The van der Waals surface area contributed by atoms with Crippen LogP contribution in [0.25, 0.3) is 0 Å². The topological polar surface area (TPSA) is 94.1 Å². The second-order valence-corrected chi connectivity index (χ2v) is 22.4. The fraction of sp³-hybridized carbons (Fsp3) is 0.947. The smallest absolute Gasteiger partial charge is 0.306 e. The van der Waals surface area contributed by atoms with Crippen LogP contribution in [0.15, 0.2) is 12.2 Å². The lowest BCUT2D eigenvalue weighted by Crippen LogP contribution is -2.37. The number of carbonyl (C=O) groups is 1. The molecule has 0 saturated heterocycles. The number of esters is 1. The van der Waals surface area contributed by atoms with E-state index < -0.39 is 13.9 Å². The van der Waals surface area contributed by atoms with Crippen molar-refractivity contribution in [1.29, 1.82) is 0 Å². The van der Waals surface area contributed by atoms with Crippen molar-refractivity contribution < 1.29 is 37.3 Å². The van der Waals surface area contributed by atoms with Crippen molar-refractivity contribution in [2.45, 2.75) is 296 Å². The third kappa shape index (κ3) is 54.2. The normalized spacial score (nSPS) is 13.5. The monoisotopic (exact) mass is 956 g/mol. The molecule has 0 saturated carbocycles. The molecular weight excluding hydrogens is 842 g/mol. The average molecular weight is 957 g/mol. The number of nitrogens with zero attached hydrogens (tertiary/aromatic N) is 1.